The van der Waals surface area contributed by atoms with Crippen molar-refractivity contribution in [1.82, 2.24) is 4.90 Å². The summed E-state index contributed by atoms with van der Waals surface area (Å²) in [5, 5.41) is 3.02. The lowest BCUT2D eigenvalue weighted by molar-refractivity contribution is 0.0600. The number of esters is 1. The van der Waals surface area contributed by atoms with E-state index in [9.17, 15) is 13.2 Å². The maximum Gasteiger partial charge on any atom is 0.337 e. The van der Waals surface area contributed by atoms with Crippen LogP contribution in [0.15, 0.2) is 27.5 Å². The Morgan fingerprint density at radius 2 is 2.05 bits per heavy atom. The molecule has 7 nitrogen and oxygen atoms in total. The number of hydrogen-bond donors (Lipinski definition) is 1. The van der Waals surface area contributed by atoms with Crippen molar-refractivity contribution in [3.05, 3.63) is 23.8 Å². The largest absolute Gasteiger partial charge is 0.465 e. The zero-order chi connectivity index (χ0) is 15.0. The molecule has 0 spiro atoms. The number of hydrogen-bond acceptors (Lipinski definition) is 6. The second kappa shape index (κ2) is 5.03. The lowest BCUT2D eigenvalue weighted by Gasteiger charge is -2.25. The van der Waals surface area contributed by atoms with Crippen LogP contribution in [0.2, 0.25) is 0 Å². The number of carbonyl (C=O) groups is 1. The molecule has 0 aromatic heterocycles. The van der Waals surface area contributed by atoms with Gasteiger partial charge in [-0.3, -0.25) is 0 Å². The van der Waals surface area contributed by atoms with Gasteiger partial charge >= 0.3 is 5.97 Å². The van der Waals surface area contributed by atoms with E-state index in [4.69, 9.17) is 0 Å². The summed E-state index contributed by atoms with van der Waals surface area (Å²) in [5.74, 6) is -0.229. The fourth-order valence-corrected chi connectivity index (χ4v) is 3.62. The molecule has 2 aliphatic rings. The predicted molar refractivity (Wildman–Crippen MR) is 76.8 cm³/mol. The van der Waals surface area contributed by atoms with E-state index in [0.717, 1.165) is 25.9 Å². The summed E-state index contributed by atoms with van der Waals surface area (Å²) in [6.45, 7) is 1.58. The van der Waals surface area contributed by atoms with Crippen LogP contribution in [0.5, 0.6) is 0 Å². The van der Waals surface area contributed by atoms with Gasteiger partial charge in [-0.1, -0.05) is 0 Å². The highest BCUT2D eigenvalue weighted by Crippen LogP contribution is 2.29. The molecule has 0 radical (unpaired) electrons. The molecule has 8 heteroatoms. The molecule has 21 heavy (non-hydrogen) atoms. The van der Waals surface area contributed by atoms with E-state index >= 15 is 0 Å². The molecule has 2 heterocycles. The Hall–Kier alpha value is -2.09. The molecule has 0 atom stereocenters. The Morgan fingerprint density at radius 3 is 2.71 bits per heavy atom. The van der Waals surface area contributed by atoms with Crippen LogP contribution in [0, 0.1) is 0 Å². The summed E-state index contributed by atoms with van der Waals surface area (Å²) < 4.78 is 33.0. The van der Waals surface area contributed by atoms with Crippen molar-refractivity contribution in [1.29, 1.82) is 0 Å². The average Bonchev–Trinajstić information content (AvgIpc) is 2.99. The number of anilines is 1. The number of fused-ring (bicyclic) bond motifs is 1. The van der Waals surface area contributed by atoms with Crippen LogP contribution in [0.25, 0.3) is 0 Å². The quantitative estimate of drug-likeness (QED) is 0.780. The molecular formula is C13H15N3O4S. The number of rotatable bonds is 1. The summed E-state index contributed by atoms with van der Waals surface area (Å²) >= 11 is 0. The zero-order valence-corrected chi connectivity index (χ0v) is 12.3. The van der Waals surface area contributed by atoms with Crippen molar-refractivity contribution in [2.45, 2.75) is 17.7 Å². The number of nitrogens with one attached hydrogen (secondary N) is 1. The maximum atomic E-state index is 12.3. The lowest BCUT2D eigenvalue weighted by Crippen LogP contribution is -2.37. The highest BCUT2D eigenvalue weighted by Gasteiger charge is 2.29. The molecule has 0 aliphatic carbocycles. The number of methoxy groups -OCH3 is 1. The fourth-order valence-electron chi connectivity index (χ4n) is 2.46. The van der Waals surface area contributed by atoms with E-state index in [0.29, 0.717) is 11.6 Å². The smallest absolute Gasteiger partial charge is 0.337 e. The standard InChI is InChI=1S/C13H15N3O4S/c1-20-12(17)9-4-5-10-11(8-9)21(18,19)15-13(14-10)16-6-2-3-7-16/h4-5,8H,2-3,6-7H2,1H3,(H,14,15). The van der Waals surface area contributed by atoms with E-state index < -0.39 is 16.0 Å². The van der Waals surface area contributed by atoms with Crippen molar-refractivity contribution in [2.75, 3.05) is 25.5 Å². The molecule has 112 valence electrons. The van der Waals surface area contributed by atoms with Gasteiger partial charge in [0.1, 0.15) is 4.90 Å². The van der Waals surface area contributed by atoms with Crippen LogP contribution in [-0.4, -0.2) is 45.4 Å². The number of nitrogens with zero attached hydrogens (tertiary/aromatic N) is 2. The van der Waals surface area contributed by atoms with Gasteiger partial charge in [0.2, 0.25) is 5.96 Å². The van der Waals surface area contributed by atoms with Crippen LogP contribution in [0.1, 0.15) is 23.2 Å². The third kappa shape index (κ3) is 2.46. The Bertz CT molecular complexity index is 721. The molecule has 1 N–H and O–H groups in total. The fraction of sp³-hybridized carbons (Fsp3) is 0.385. The number of ether oxygens (including phenoxy) is 1. The molecule has 0 bridgehead atoms. The van der Waals surface area contributed by atoms with Crippen molar-refractivity contribution in [3.8, 4) is 0 Å². The van der Waals surface area contributed by atoms with Crippen molar-refractivity contribution in [3.63, 3.8) is 0 Å². The highest BCUT2D eigenvalue weighted by molar-refractivity contribution is 7.90. The van der Waals surface area contributed by atoms with Crippen molar-refractivity contribution in [2.24, 2.45) is 4.40 Å². The van der Waals surface area contributed by atoms with Gasteiger partial charge in [-0.25, -0.2) is 4.79 Å². The molecule has 2 aliphatic heterocycles. The van der Waals surface area contributed by atoms with Gasteiger partial charge in [0.05, 0.1) is 18.4 Å². The van der Waals surface area contributed by atoms with Gasteiger partial charge in [0.25, 0.3) is 10.0 Å². The van der Waals surface area contributed by atoms with Gasteiger partial charge in [-0.15, -0.1) is 4.40 Å². The van der Waals surface area contributed by atoms with Crippen LogP contribution in [-0.2, 0) is 14.8 Å². The molecule has 0 saturated carbocycles. The number of likely N-dealkylation sites (tertiary alicyclic amines) is 1. The van der Waals surface area contributed by atoms with Crippen molar-refractivity contribution < 1.29 is 17.9 Å². The SMILES string of the molecule is COC(=O)c1ccc2c(c1)S(=O)(=O)N=C(N1CCCC1)N2. The van der Waals surface area contributed by atoms with Crippen LogP contribution in [0.4, 0.5) is 5.69 Å². The number of guanidine groups is 1. The first kappa shape index (κ1) is 13.9. The molecule has 1 saturated heterocycles. The first-order valence-corrected chi connectivity index (χ1v) is 8.04. The number of benzene rings is 1. The first-order chi connectivity index (χ1) is 10.0. The second-order valence-electron chi connectivity index (χ2n) is 4.91. The van der Waals surface area contributed by atoms with Crippen LogP contribution in [0.3, 0.4) is 0 Å². The highest BCUT2D eigenvalue weighted by atomic mass is 32.2. The third-order valence-electron chi connectivity index (χ3n) is 3.54. The minimum Gasteiger partial charge on any atom is -0.465 e. The van der Waals surface area contributed by atoms with Gasteiger partial charge in [0, 0.05) is 13.1 Å². The van der Waals surface area contributed by atoms with E-state index in [1.165, 1.54) is 19.2 Å². The van der Waals surface area contributed by atoms with Crippen molar-refractivity contribution >= 4 is 27.6 Å². The zero-order valence-electron chi connectivity index (χ0n) is 11.5. The van der Waals surface area contributed by atoms with Crippen LogP contribution >= 0.6 is 0 Å². The Kier molecular flexibility index (Phi) is 3.32. The topological polar surface area (TPSA) is 88.1 Å². The van der Waals surface area contributed by atoms with E-state index in [1.54, 1.807) is 6.07 Å². The molecule has 1 aromatic rings. The summed E-state index contributed by atoms with van der Waals surface area (Å²) in [7, 11) is -2.57. The summed E-state index contributed by atoms with van der Waals surface area (Å²) in [6.07, 6.45) is 2.05. The predicted octanol–water partition coefficient (Wildman–Crippen LogP) is 1.04. The minimum absolute atomic E-state index is 0.00616. The van der Waals surface area contributed by atoms with Gasteiger partial charge in [-0.05, 0) is 31.0 Å². The monoisotopic (exact) mass is 309 g/mol. The lowest BCUT2D eigenvalue weighted by atomic mass is 10.2. The van der Waals surface area contributed by atoms with Crippen LogP contribution < -0.4 is 5.32 Å². The molecule has 1 aromatic carbocycles. The molecule has 0 amide bonds. The Labute approximate surface area is 122 Å². The number of sulfonamides is 1. The Balaban J connectivity index is 2.01. The molecular weight excluding hydrogens is 294 g/mol. The molecule has 1 fully saturated rings. The van der Waals surface area contributed by atoms with E-state index in [-0.39, 0.29) is 10.5 Å². The van der Waals surface area contributed by atoms with Gasteiger partial charge < -0.3 is 15.0 Å². The maximum absolute atomic E-state index is 12.3. The minimum atomic E-state index is -3.82. The third-order valence-corrected chi connectivity index (χ3v) is 4.85. The van der Waals surface area contributed by atoms with Gasteiger partial charge in [0.15, 0.2) is 0 Å². The Morgan fingerprint density at radius 1 is 1.33 bits per heavy atom. The summed E-state index contributed by atoms with van der Waals surface area (Å²) in [5.41, 5.74) is 0.612. The normalized spacial score (nSPS) is 19.5. The molecule has 3 rings (SSSR count). The molecule has 0 unspecified atom stereocenters. The van der Waals surface area contributed by atoms with Gasteiger partial charge in [-0.2, -0.15) is 8.42 Å². The number of carbonyl (C=O) groups excluding carboxylic acids is 1. The summed E-state index contributed by atoms with van der Waals surface area (Å²) in [4.78, 5) is 13.4. The van der Waals surface area contributed by atoms with E-state index in [2.05, 4.69) is 14.5 Å². The first-order valence-electron chi connectivity index (χ1n) is 6.60. The second-order valence-corrected chi connectivity index (χ2v) is 6.48. The van der Waals surface area contributed by atoms with E-state index in [1.807, 2.05) is 4.90 Å². The summed E-state index contributed by atoms with van der Waals surface area (Å²) in [6, 6.07) is 4.37. The average molecular weight is 309 g/mol.